The smallest absolute Gasteiger partial charge is 0.322 e. The van der Waals surface area contributed by atoms with E-state index in [4.69, 9.17) is 11.6 Å². The van der Waals surface area contributed by atoms with Gasteiger partial charge in [0.15, 0.2) is 0 Å². The van der Waals surface area contributed by atoms with Crippen LogP contribution in [0, 0.1) is 10.1 Å². The van der Waals surface area contributed by atoms with Gasteiger partial charge < -0.3 is 16.0 Å². The maximum atomic E-state index is 12.4. The molecule has 3 rings (SSSR count). The number of rotatable bonds is 5. The van der Waals surface area contributed by atoms with Gasteiger partial charge in [-0.2, -0.15) is 0 Å². The Labute approximate surface area is 170 Å². The Bertz CT molecular complexity index is 1060. The van der Waals surface area contributed by atoms with Crippen molar-refractivity contribution < 1.29 is 14.5 Å². The number of carbonyl (C=O) groups is 2. The Morgan fingerprint density at radius 1 is 0.793 bits per heavy atom. The molecule has 0 saturated carbocycles. The van der Waals surface area contributed by atoms with Crippen molar-refractivity contribution in [3.05, 3.63) is 93.5 Å². The summed E-state index contributed by atoms with van der Waals surface area (Å²) in [6, 6.07) is 18.7. The molecule has 0 heterocycles. The summed E-state index contributed by atoms with van der Waals surface area (Å²) in [7, 11) is 0. The first-order valence-corrected chi connectivity index (χ1v) is 8.78. The van der Waals surface area contributed by atoms with E-state index in [-0.39, 0.29) is 16.3 Å². The number of halogens is 1. The van der Waals surface area contributed by atoms with Crippen molar-refractivity contribution in [1.82, 2.24) is 0 Å². The molecular formula is C20H15ClN4O4. The summed E-state index contributed by atoms with van der Waals surface area (Å²) in [5, 5.41) is 19.2. The van der Waals surface area contributed by atoms with Crippen molar-refractivity contribution >= 4 is 46.3 Å². The number of amides is 3. The zero-order valence-corrected chi connectivity index (χ0v) is 15.6. The molecule has 9 heteroatoms. The molecule has 3 N–H and O–H groups in total. The summed E-state index contributed by atoms with van der Waals surface area (Å²) in [5.41, 5.74) is 1.08. The van der Waals surface area contributed by atoms with E-state index in [2.05, 4.69) is 16.0 Å². The van der Waals surface area contributed by atoms with Crippen molar-refractivity contribution in [1.29, 1.82) is 0 Å². The Morgan fingerprint density at radius 2 is 1.34 bits per heavy atom. The molecular weight excluding hydrogens is 396 g/mol. The fourth-order valence-corrected chi connectivity index (χ4v) is 2.66. The molecule has 0 aliphatic rings. The zero-order valence-electron chi connectivity index (χ0n) is 14.9. The summed E-state index contributed by atoms with van der Waals surface area (Å²) in [5.74, 6) is -0.643. The molecule has 8 nitrogen and oxygen atoms in total. The normalized spacial score (nSPS) is 10.1. The highest BCUT2D eigenvalue weighted by atomic mass is 35.5. The van der Waals surface area contributed by atoms with Gasteiger partial charge in [-0.15, -0.1) is 0 Å². The van der Waals surface area contributed by atoms with E-state index in [9.17, 15) is 19.7 Å². The van der Waals surface area contributed by atoms with Crippen molar-refractivity contribution in [3.8, 4) is 0 Å². The van der Waals surface area contributed by atoms with Gasteiger partial charge in [0.25, 0.3) is 11.6 Å². The van der Waals surface area contributed by atoms with Crippen molar-refractivity contribution in [3.63, 3.8) is 0 Å². The van der Waals surface area contributed by atoms with E-state index in [1.54, 1.807) is 48.5 Å². The molecule has 0 radical (unpaired) electrons. The number of nitrogens with zero attached hydrogens (tertiary/aromatic N) is 1. The van der Waals surface area contributed by atoms with Crippen LogP contribution < -0.4 is 16.0 Å². The molecule has 3 aromatic carbocycles. The lowest BCUT2D eigenvalue weighted by Crippen LogP contribution is -2.19. The largest absolute Gasteiger partial charge is 0.323 e. The summed E-state index contributed by atoms with van der Waals surface area (Å²) in [6.07, 6.45) is 0. The second-order valence-electron chi connectivity index (χ2n) is 5.90. The van der Waals surface area contributed by atoms with Crippen LogP contribution in [0.3, 0.4) is 0 Å². The minimum atomic E-state index is -0.668. The van der Waals surface area contributed by atoms with Gasteiger partial charge in [0, 0.05) is 28.2 Å². The van der Waals surface area contributed by atoms with Gasteiger partial charge in [-0.05, 0) is 48.5 Å². The number of nitrogens with one attached hydrogen (secondary N) is 3. The van der Waals surface area contributed by atoms with Crippen LogP contribution in [0.2, 0.25) is 5.02 Å². The van der Waals surface area contributed by atoms with E-state index in [0.717, 1.165) is 6.07 Å². The molecule has 0 unspecified atom stereocenters. The molecule has 3 aromatic rings. The average molecular weight is 411 g/mol. The monoisotopic (exact) mass is 410 g/mol. The first-order valence-electron chi connectivity index (χ1n) is 8.41. The van der Waals surface area contributed by atoms with E-state index in [0.29, 0.717) is 17.1 Å². The maximum Gasteiger partial charge on any atom is 0.323 e. The topological polar surface area (TPSA) is 113 Å². The van der Waals surface area contributed by atoms with Gasteiger partial charge in [0.1, 0.15) is 5.56 Å². The van der Waals surface area contributed by atoms with E-state index >= 15 is 0 Å². The van der Waals surface area contributed by atoms with E-state index in [1.165, 1.54) is 12.1 Å². The molecule has 0 fully saturated rings. The third kappa shape index (κ3) is 5.30. The van der Waals surface area contributed by atoms with Crippen molar-refractivity contribution in [2.24, 2.45) is 0 Å². The average Bonchev–Trinajstić information content (AvgIpc) is 2.70. The predicted molar refractivity (Wildman–Crippen MR) is 112 cm³/mol. The van der Waals surface area contributed by atoms with E-state index in [1.807, 2.05) is 6.07 Å². The molecule has 0 aliphatic heterocycles. The summed E-state index contributed by atoms with van der Waals surface area (Å²) < 4.78 is 0. The minimum absolute atomic E-state index is 0.108. The quantitative estimate of drug-likeness (QED) is 0.399. The van der Waals surface area contributed by atoms with Crippen LogP contribution in [0.4, 0.5) is 27.5 Å². The number of hydrogen-bond donors (Lipinski definition) is 3. The van der Waals surface area contributed by atoms with Crippen LogP contribution in [0.1, 0.15) is 10.4 Å². The number of nitro groups is 1. The van der Waals surface area contributed by atoms with Crippen LogP contribution >= 0.6 is 11.6 Å². The standard InChI is InChI=1S/C20H15ClN4O4/c21-13-6-11-17(18(12-13)25(28)29)19(26)22-15-7-9-16(10-8-15)24-20(27)23-14-4-2-1-3-5-14/h1-12H,(H,22,26)(H2,23,24,27). The van der Waals surface area contributed by atoms with Crippen molar-refractivity contribution in [2.75, 3.05) is 16.0 Å². The van der Waals surface area contributed by atoms with Gasteiger partial charge in [0.2, 0.25) is 0 Å². The lowest BCUT2D eigenvalue weighted by molar-refractivity contribution is -0.385. The van der Waals surface area contributed by atoms with Gasteiger partial charge >= 0.3 is 6.03 Å². The predicted octanol–water partition coefficient (Wildman–Crippen LogP) is 5.14. The lowest BCUT2D eigenvalue weighted by atomic mass is 10.1. The summed E-state index contributed by atoms with van der Waals surface area (Å²) in [4.78, 5) is 34.8. The maximum absolute atomic E-state index is 12.4. The van der Waals surface area contributed by atoms with Crippen LogP contribution in [-0.4, -0.2) is 16.9 Å². The molecule has 0 spiro atoms. The molecule has 0 aromatic heterocycles. The fourth-order valence-electron chi connectivity index (χ4n) is 2.50. The number of nitro benzene ring substituents is 1. The summed E-state index contributed by atoms with van der Waals surface area (Å²) >= 11 is 5.76. The number of para-hydroxylation sites is 1. The highest BCUT2D eigenvalue weighted by Crippen LogP contribution is 2.24. The Hall–Kier alpha value is -3.91. The first-order chi connectivity index (χ1) is 13.9. The molecule has 29 heavy (non-hydrogen) atoms. The van der Waals surface area contributed by atoms with E-state index < -0.39 is 16.9 Å². The van der Waals surface area contributed by atoms with Crippen LogP contribution in [0.15, 0.2) is 72.8 Å². The summed E-state index contributed by atoms with van der Waals surface area (Å²) in [6.45, 7) is 0. The molecule has 0 bridgehead atoms. The molecule has 0 atom stereocenters. The second kappa shape index (κ2) is 8.85. The Morgan fingerprint density at radius 3 is 1.93 bits per heavy atom. The van der Waals surface area contributed by atoms with Crippen LogP contribution in [-0.2, 0) is 0 Å². The number of carbonyl (C=O) groups excluding carboxylic acids is 2. The van der Waals surface area contributed by atoms with Crippen LogP contribution in [0.5, 0.6) is 0 Å². The Balaban J connectivity index is 1.64. The number of anilines is 3. The van der Waals surface area contributed by atoms with Gasteiger partial charge in [-0.3, -0.25) is 14.9 Å². The number of urea groups is 1. The molecule has 0 aliphatic carbocycles. The third-order valence-corrected chi connectivity index (χ3v) is 4.07. The second-order valence-corrected chi connectivity index (χ2v) is 6.33. The minimum Gasteiger partial charge on any atom is -0.322 e. The number of benzene rings is 3. The Kier molecular flexibility index (Phi) is 6.06. The fraction of sp³-hybridized carbons (Fsp3) is 0. The SMILES string of the molecule is O=C(Nc1ccccc1)Nc1ccc(NC(=O)c2ccc(Cl)cc2[N+](=O)[O-])cc1. The number of hydrogen-bond acceptors (Lipinski definition) is 4. The van der Waals surface area contributed by atoms with Crippen molar-refractivity contribution in [2.45, 2.75) is 0 Å². The highest BCUT2D eigenvalue weighted by molar-refractivity contribution is 6.31. The third-order valence-electron chi connectivity index (χ3n) is 3.83. The van der Waals surface area contributed by atoms with Gasteiger partial charge in [-0.25, -0.2) is 4.79 Å². The zero-order chi connectivity index (χ0) is 20.8. The molecule has 0 saturated heterocycles. The first kappa shape index (κ1) is 19.8. The molecule has 146 valence electrons. The highest BCUT2D eigenvalue weighted by Gasteiger charge is 2.20. The molecule has 3 amide bonds. The van der Waals surface area contributed by atoms with Gasteiger partial charge in [-0.1, -0.05) is 29.8 Å². The van der Waals surface area contributed by atoms with Gasteiger partial charge in [0.05, 0.1) is 4.92 Å². The van der Waals surface area contributed by atoms with Crippen LogP contribution in [0.25, 0.3) is 0 Å². The lowest BCUT2D eigenvalue weighted by Gasteiger charge is -2.09.